The van der Waals surface area contributed by atoms with Crippen molar-refractivity contribution in [3.8, 4) is 0 Å². The molecule has 3 N–H and O–H groups in total. The van der Waals surface area contributed by atoms with Gasteiger partial charge in [-0.25, -0.2) is 22.7 Å². The zero-order chi connectivity index (χ0) is 15.3. The summed E-state index contributed by atoms with van der Waals surface area (Å²) < 4.78 is 30.3. The molecule has 8 nitrogen and oxygen atoms in total. The monoisotopic (exact) mass is 303 g/mol. The number of carbonyl (C=O) groups is 2. The number of rotatable bonds is 6. The summed E-state index contributed by atoms with van der Waals surface area (Å²) in [7, 11) is -3.04. The van der Waals surface area contributed by atoms with Gasteiger partial charge in [-0.2, -0.15) is 0 Å². The van der Waals surface area contributed by atoms with E-state index >= 15 is 0 Å². The van der Waals surface area contributed by atoms with Crippen molar-refractivity contribution in [1.82, 2.24) is 4.72 Å². The molecular weight excluding hydrogens is 290 g/mol. The number of esters is 1. The molecule has 0 heterocycles. The summed E-state index contributed by atoms with van der Waals surface area (Å²) in [6.07, 6.45) is -1.88. The average Bonchev–Trinajstić information content (AvgIpc) is 2.43. The highest BCUT2D eigenvalue weighted by atomic mass is 32.2. The third-order valence-electron chi connectivity index (χ3n) is 2.33. The SMILES string of the molecule is COC(=O)c1ccccc1S(=O)(=O)NC[C@H](O)C(=O)O. The van der Waals surface area contributed by atoms with Crippen LogP contribution in [0.15, 0.2) is 29.2 Å². The standard InChI is InChI=1S/C11H13NO7S/c1-19-11(16)7-4-2-3-5-9(7)20(17,18)12-6-8(13)10(14)15/h2-5,8,12-13H,6H2,1H3,(H,14,15)/t8-/m0/s1. The Morgan fingerprint density at radius 3 is 2.50 bits per heavy atom. The van der Waals surface area contributed by atoms with Crippen LogP contribution in [0, 0.1) is 0 Å². The maximum absolute atomic E-state index is 12.0. The third kappa shape index (κ3) is 3.76. The number of carboxylic acids is 1. The van der Waals surface area contributed by atoms with Crippen molar-refractivity contribution >= 4 is 22.0 Å². The first-order chi connectivity index (χ1) is 9.29. The Morgan fingerprint density at radius 1 is 1.35 bits per heavy atom. The number of ether oxygens (including phenoxy) is 1. The molecule has 0 aliphatic heterocycles. The summed E-state index contributed by atoms with van der Waals surface area (Å²) in [6, 6.07) is 5.28. The minimum absolute atomic E-state index is 0.188. The molecule has 20 heavy (non-hydrogen) atoms. The average molecular weight is 303 g/mol. The molecule has 0 aliphatic carbocycles. The Hall–Kier alpha value is -1.97. The summed E-state index contributed by atoms with van der Waals surface area (Å²) in [5.74, 6) is -2.40. The second-order valence-corrected chi connectivity index (χ2v) is 5.43. The summed E-state index contributed by atoms with van der Waals surface area (Å²) in [5, 5.41) is 17.5. The maximum Gasteiger partial charge on any atom is 0.339 e. The molecule has 1 atom stereocenters. The van der Waals surface area contributed by atoms with Crippen LogP contribution in [0.1, 0.15) is 10.4 Å². The first-order valence-corrected chi connectivity index (χ1v) is 6.85. The highest BCUT2D eigenvalue weighted by molar-refractivity contribution is 7.89. The first kappa shape index (κ1) is 16.1. The molecule has 0 bridgehead atoms. The number of hydrogen-bond acceptors (Lipinski definition) is 6. The number of nitrogens with one attached hydrogen (secondary N) is 1. The molecule has 1 aromatic carbocycles. The molecule has 0 unspecified atom stereocenters. The highest BCUT2D eigenvalue weighted by Crippen LogP contribution is 2.16. The summed E-state index contributed by atoms with van der Waals surface area (Å²) >= 11 is 0. The molecule has 110 valence electrons. The minimum Gasteiger partial charge on any atom is -0.479 e. The number of benzene rings is 1. The van der Waals surface area contributed by atoms with E-state index in [1.165, 1.54) is 24.3 Å². The molecule has 0 spiro atoms. The van der Waals surface area contributed by atoms with Gasteiger partial charge in [-0.15, -0.1) is 0 Å². The van der Waals surface area contributed by atoms with E-state index in [9.17, 15) is 18.0 Å². The number of aliphatic hydroxyl groups excluding tert-OH is 1. The van der Waals surface area contributed by atoms with E-state index in [-0.39, 0.29) is 10.5 Å². The summed E-state index contributed by atoms with van der Waals surface area (Å²) in [4.78, 5) is 21.5. The van der Waals surface area contributed by atoms with E-state index in [1.807, 2.05) is 4.72 Å². The van der Waals surface area contributed by atoms with Crippen LogP contribution in [0.4, 0.5) is 0 Å². The highest BCUT2D eigenvalue weighted by Gasteiger charge is 2.24. The van der Waals surface area contributed by atoms with Gasteiger partial charge >= 0.3 is 11.9 Å². The van der Waals surface area contributed by atoms with Crippen LogP contribution in [0.25, 0.3) is 0 Å². The van der Waals surface area contributed by atoms with Crippen LogP contribution >= 0.6 is 0 Å². The molecule has 0 aromatic heterocycles. The van der Waals surface area contributed by atoms with Crippen LogP contribution in [0.3, 0.4) is 0 Å². The topological polar surface area (TPSA) is 130 Å². The van der Waals surface area contributed by atoms with Gasteiger partial charge in [0.1, 0.15) is 0 Å². The van der Waals surface area contributed by atoms with Crippen molar-refractivity contribution in [2.24, 2.45) is 0 Å². The van der Waals surface area contributed by atoms with Gasteiger partial charge in [0.25, 0.3) is 0 Å². The predicted octanol–water partition coefficient (Wildman–Crippen LogP) is -0.803. The number of aliphatic hydroxyl groups is 1. The van der Waals surface area contributed by atoms with Gasteiger partial charge in [0.15, 0.2) is 6.10 Å². The summed E-state index contributed by atoms with van der Waals surface area (Å²) in [6.45, 7) is -0.715. The van der Waals surface area contributed by atoms with Gasteiger partial charge in [-0.3, -0.25) is 0 Å². The lowest BCUT2D eigenvalue weighted by atomic mass is 10.2. The molecule has 1 rings (SSSR count). The molecule has 0 saturated carbocycles. The number of carbonyl (C=O) groups excluding carboxylic acids is 1. The fourth-order valence-electron chi connectivity index (χ4n) is 1.33. The van der Waals surface area contributed by atoms with Gasteiger partial charge in [0.2, 0.25) is 10.0 Å². The van der Waals surface area contributed by atoms with E-state index in [0.717, 1.165) is 7.11 Å². The zero-order valence-corrected chi connectivity index (χ0v) is 11.3. The molecule has 0 saturated heterocycles. The third-order valence-corrected chi connectivity index (χ3v) is 3.82. The number of sulfonamides is 1. The second-order valence-electron chi connectivity index (χ2n) is 3.69. The van der Waals surface area contributed by atoms with E-state index in [1.54, 1.807) is 0 Å². The summed E-state index contributed by atoms with van der Waals surface area (Å²) in [5.41, 5.74) is -0.188. The molecule has 1 aromatic rings. The Balaban J connectivity index is 3.04. The van der Waals surface area contributed by atoms with Gasteiger partial charge < -0.3 is 14.9 Å². The van der Waals surface area contributed by atoms with Crippen LogP contribution < -0.4 is 4.72 Å². The van der Waals surface area contributed by atoms with Crippen molar-refractivity contribution in [2.75, 3.05) is 13.7 Å². The van der Waals surface area contributed by atoms with Crippen LogP contribution in [-0.2, 0) is 19.6 Å². The minimum atomic E-state index is -4.15. The van der Waals surface area contributed by atoms with Crippen molar-refractivity contribution in [1.29, 1.82) is 0 Å². The molecule has 0 amide bonds. The lowest BCUT2D eigenvalue weighted by molar-refractivity contribution is -0.146. The van der Waals surface area contributed by atoms with Crippen LogP contribution in [0.2, 0.25) is 0 Å². The molecule has 9 heteroatoms. The van der Waals surface area contributed by atoms with Gasteiger partial charge in [-0.05, 0) is 12.1 Å². The van der Waals surface area contributed by atoms with Crippen molar-refractivity contribution in [3.63, 3.8) is 0 Å². The predicted molar refractivity (Wildman–Crippen MR) is 66.6 cm³/mol. The molecular formula is C11H13NO7S. The Morgan fingerprint density at radius 2 is 1.95 bits per heavy atom. The fourth-order valence-corrected chi connectivity index (χ4v) is 2.56. The Kier molecular flexibility index (Phi) is 5.19. The number of aliphatic carboxylic acids is 1. The van der Waals surface area contributed by atoms with Gasteiger partial charge in [-0.1, -0.05) is 12.1 Å². The van der Waals surface area contributed by atoms with Gasteiger partial charge in [0.05, 0.1) is 17.6 Å². The van der Waals surface area contributed by atoms with E-state index in [0.29, 0.717) is 0 Å². The van der Waals surface area contributed by atoms with E-state index < -0.39 is 34.6 Å². The maximum atomic E-state index is 12.0. The quantitative estimate of drug-likeness (QED) is 0.586. The van der Waals surface area contributed by atoms with E-state index in [4.69, 9.17) is 10.2 Å². The van der Waals surface area contributed by atoms with Gasteiger partial charge in [0, 0.05) is 6.54 Å². The van der Waals surface area contributed by atoms with Crippen LogP contribution in [-0.4, -0.2) is 50.3 Å². The van der Waals surface area contributed by atoms with Crippen molar-refractivity contribution < 1.29 is 33.0 Å². The molecule has 0 radical (unpaired) electrons. The lowest BCUT2D eigenvalue weighted by Gasteiger charge is -2.11. The van der Waals surface area contributed by atoms with Crippen LogP contribution in [0.5, 0.6) is 0 Å². The molecule has 0 fully saturated rings. The number of hydrogen-bond donors (Lipinski definition) is 3. The Bertz CT molecular complexity index is 611. The van der Waals surface area contributed by atoms with Crippen molar-refractivity contribution in [2.45, 2.75) is 11.0 Å². The number of carboxylic acid groups (broad SMARTS) is 1. The van der Waals surface area contributed by atoms with Crippen molar-refractivity contribution in [3.05, 3.63) is 29.8 Å². The van der Waals surface area contributed by atoms with E-state index in [2.05, 4.69) is 4.74 Å². The first-order valence-electron chi connectivity index (χ1n) is 5.37. The number of methoxy groups -OCH3 is 1. The smallest absolute Gasteiger partial charge is 0.339 e. The zero-order valence-electron chi connectivity index (χ0n) is 10.4. The lowest BCUT2D eigenvalue weighted by Crippen LogP contribution is -2.37. The Labute approximate surface area is 115 Å². The molecule has 0 aliphatic rings. The normalized spacial score (nSPS) is 12.7. The largest absolute Gasteiger partial charge is 0.479 e. The second kappa shape index (κ2) is 6.46. The fraction of sp³-hybridized carbons (Fsp3) is 0.273.